The first-order valence-electron chi connectivity index (χ1n) is 15.1. The Bertz CT molecular complexity index is 1830. The highest BCUT2D eigenvalue weighted by atomic mass is 19.4. The van der Waals surface area contributed by atoms with Crippen molar-refractivity contribution >= 4 is 33.4 Å². The molecule has 4 aromatic rings. The average molecular weight is 622 g/mol. The van der Waals surface area contributed by atoms with Crippen LogP contribution in [-0.4, -0.2) is 78.3 Å². The molecule has 3 aliphatic heterocycles. The second-order valence-corrected chi connectivity index (χ2v) is 12.3. The number of alkyl halides is 3. The molecule has 2 bridgehead atoms. The van der Waals surface area contributed by atoms with Crippen molar-refractivity contribution in [2.45, 2.75) is 50.0 Å². The van der Waals surface area contributed by atoms with Crippen LogP contribution >= 0.6 is 0 Å². The van der Waals surface area contributed by atoms with E-state index in [4.69, 9.17) is 16.4 Å². The molecule has 0 spiro atoms. The largest absolute Gasteiger partial charge is 0.416 e. The fourth-order valence-electron chi connectivity index (χ4n) is 7.19. The van der Waals surface area contributed by atoms with E-state index in [0.717, 1.165) is 50.4 Å². The molecule has 45 heavy (non-hydrogen) atoms. The van der Waals surface area contributed by atoms with Gasteiger partial charge in [-0.3, -0.25) is 9.88 Å². The minimum absolute atomic E-state index is 0.0224. The van der Waals surface area contributed by atoms with Crippen LogP contribution in [0, 0.1) is 24.0 Å². The predicted molar refractivity (Wildman–Crippen MR) is 164 cm³/mol. The fraction of sp³-hybridized carbons (Fsp3) is 0.424. The molecule has 0 amide bonds. The second kappa shape index (κ2) is 11.1. The number of nitrogens with one attached hydrogen (secondary N) is 1. The van der Waals surface area contributed by atoms with E-state index in [1.807, 2.05) is 11.9 Å². The summed E-state index contributed by atoms with van der Waals surface area (Å²) in [5.74, 6) is 1.35. The summed E-state index contributed by atoms with van der Waals surface area (Å²) in [6, 6.07) is 4.73. The number of anilines is 2. The molecule has 3 atom stereocenters. The van der Waals surface area contributed by atoms with Gasteiger partial charge in [0.15, 0.2) is 5.82 Å². The molecule has 7 rings (SSSR count). The van der Waals surface area contributed by atoms with Crippen molar-refractivity contribution in [3.05, 3.63) is 53.2 Å². The molecule has 234 valence electrons. The van der Waals surface area contributed by atoms with Crippen molar-refractivity contribution in [1.82, 2.24) is 25.2 Å². The van der Waals surface area contributed by atoms with Crippen molar-refractivity contribution in [3.63, 3.8) is 0 Å². The molecule has 5 heterocycles. The van der Waals surface area contributed by atoms with Crippen LogP contribution in [0.25, 0.3) is 32.9 Å². The molecular formula is C33H32F5N7. The maximum Gasteiger partial charge on any atom is 0.416 e. The monoisotopic (exact) mass is 621 g/mol. The van der Waals surface area contributed by atoms with Gasteiger partial charge in [0.05, 0.1) is 16.5 Å². The van der Waals surface area contributed by atoms with E-state index in [0.29, 0.717) is 48.9 Å². The van der Waals surface area contributed by atoms with Gasteiger partial charge in [-0.25, -0.2) is 13.8 Å². The highest BCUT2D eigenvalue weighted by Crippen LogP contribution is 2.41. The Kier molecular flexibility index (Phi) is 7.28. The molecule has 12 heteroatoms. The molecule has 0 radical (unpaired) electrons. The van der Waals surface area contributed by atoms with Gasteiger partial charge in [0.25, 0.3) is 0 Å². The Morgan fingerprint density at radius 2 is 1.84 bits per heavy atom. The molecule has 3 saturated heterocycles. The summed E-state index contributed by atoms with van der Waals surface area (Å²) in [7, 11) is 3.99. The van der Waals surface area contributed by atoms with Gasteiger partial charge in [-0.1, -0.05) is 12.0 Å². The molecule has 0 saturated carbocycles. The maximum atomic E-state index is 16.8. The lowest BCUT2D eigenvalue weighted by Gasteiger charge is -2.39. The van der Waals surface area contributed by atoms with Gasteiger partial charge < -0.3 is 15.1 Å². The highest BCUT2D eigenvalue weighted by Gasteiger charge is 2.39. The van der Waals surface area contributed by atoms with Crippen LogP contribution < -0.4 is 15.1 Å². The lowest BCUT2D eigenvalue weighted by molar-refractivity contribution is -0.137. The van der Waals surface area contributed by atoms with Crippen LogP contribution in [0.3, 0.4) is 0 Å². The van der Waals surface area contributed by atoms with Crippen LogP contribution in [0.5, 0.6) is 0 Å². The number of pyridine rings is 1. The molecule has 3 fully saturated rings. The second-order valence-electron chi connectivity index (χ2n) is 12.3. The Morgan fingerprint density at radius 3 is 2.51 bits per heavy atom. The van der Waals surface area contributed by atoms with Gasteiger partial charge >= 0.3 is 6.18 Å². The van der Waals surface area contributed by atoms with E-state index in [2.05, 4.69) is 33.1 Å². The molecule has 7 nitrogen and oxygen atoms in total. The summed E-state index contributed by atoms with van der Waals surface area (Å²) in [4.78, 5) is 20.3. The molecule has 3 aliphatic rings. The first kappa shape index (κ1) is 29.6. The average Bonchev–Trinajstić information content (AvgIpc) is 3.58. The summed E-state index contributed by atoms with van der Waals surface area (Å²) in [6.07, 6.45) is 6.40. The number of likely N-dealkylation sites (N-methyl/N-ethyl adjacent to an activating group) is 2. The third-order valence-electron chi connectivity index (χ3n) is 9.59. The highest BCUT2D eigenvalue weighted by molar-refractivity contribution is 6.02. The SMILES string of the molecule is C#Cc1c(F)ccc2cc(C(F)(F)F)cc(-c3ncc4c(N(C)C[C@H]5CCCN5)nc(N5CC6CCC(C5)N6C)nc4c3F)c12. The van der Waals surface area contributed by atoms with Crippen LogP contribution in [0.15, 0.2) is 30.5 Å². The predicted octanol–water partition coefficient (Wildman–Crippen LogP) is 5.59. The van der Waals surface area contributed by atoms with Crippen molar-refractivity contribution in [2.75, 3.05) is 50.1 Å². The van der Waals surface area contributed by atoms with Crippen LogP contribution in [0.4, 0.5) is 33.7 Å². The van der Waals surface area contributed by atoms with Gasteiger partial charge in [-0.2, -0.15) is 18.2 Å². The number of rotatable bonds is 5. The van der Waals surface area contributed by atoms with E-state index in [1.165, 1.54) is 12.3 Å². The van der Waals surface area contributed by atoms with Gasteiger partial charge in [-0.05, 0) is 62.9 Å². The number of fused-ring (bicyclic) bond motifs is 4. The van der Waals surface area contributed by atoms with Crippen molar-refractivity contribution in [2.24, 2.45) is 0 Å². The third-order valence-corrected chi connectivity index (χ3v) is 9.59. The quantitative estimate of drug-likeness (QED) is 0.230. The maximum absolute atomic E-state index is 16.8. The number of halogens is 5. The van der Waals surface area contributed by atoms with E-state index >= 15 is 4.39 Å². The molecule has 2 unspecified atom stereocenters. The standard InChI is InChI=1S/C33H32F5N7/c1-4-23-26(34)10-7-18-12-19(33(36,37)38)13-24(27(18)23)29-28(35)30-25(14-40-29)31(43(2)15-20-6-5-11-39-20)42-32(41-30)45-16-21-8-9-22(17-45)44(21)3/h1,7,10,12-14,20-22,39H,5-6,8-9,11,15-17H2,2-3H3/t20-,21?,22?/m1/s1. The van der Waals surface area contributed by atoms with Crippen molar-refractivity contribution < 1.29 is 22.0 Å². The summed E-state index contributed by atoms with van der Waals surface area (Å²) < 4.78 is 73.7. The number of terminal acetylenes is 1. The number of hydrogen-bond donors (Lipinski definition) is 1. The van der Waals surface area contributed by atoms with Crippen molar-refractivity contribution in [3.8, 4) is 23.6 Å². The minimum Gasteiger partial charge on any atom is -0.357 e. The molecule has 1 N–H and O–H groups in total. The number of hydrogen-bond acceptors (Lipinski definition) is 7. The minimum atomic E-state index is -4.75. The van der Waals surface area contributed by atoms with Crippen LogP contribution in [0.1, 0.15) is 36.8 Å². The Labute approximate surface area is 257 Å². The molecule has 2 aromatic carbocycles. The first-order valence-corrected chi connectivity index (χ1v) is 15.1. The Morgan fingerprint density at radius 1 is 1.09 bits per heavy atom. The molecule has 2 aromatic heterocycles. The van der Waals surface area contributed by atoms with Gasteiger partial charge in [-0.15, -0.1) is 6.42 Å². The summed E-state index contributed by atoms with van der Waals surface area (Å²) in [5.41, 5.74) is -2.01. The fourth-order valence-corrected chi connectivity index (χ4v) is 7.19. The zero-order valence-corrected chi connectivity index (χ0v) is 24.9. The summed E-state index contributed by atoms with van der Waals surface area (Å²) in [6.45, 7) is 2.89. The van der Waals surface area contributed by atoms with Crippen LogP contribution in [-0.2, 0) is 6.18 Å². The summed E-state index contributed by atoms with van der Waals surface area (Å²) >= 11 is 0. The number of benzene rings is 2. The van der Waals surface area contributed by atoms with Gasteiger partial charge in [0.1, 0.15) is 22.8 Å². The van der Waals surface area contributed by atoms with E-state index in [1.54, 1.807) is 0 Å². The van der Waals surface area contributed by atoms with E-state index in [-0.39, 0.29) is 33.5 Å². The topological polar surface area (TPSA) is 60.4 Å². The number of nitrogens with zero attached hydrogens (tertiary/aromatic N) is 6. The normalized spacial score (nSPS) is 22.0. The smallest absolute Gasteiger partial charge is 0.357 e. The lowest BCUT2D eigenvalue weighted by atomic mass is 9.93. The number of piperazine rings is 1. The van der Waals surface area contributed by atoms with Gasteiger partial charge in [0, 0.05) is 62.0 Å². The Balaban J connectivity index is 1.44. The van der Waals surface area contributed by atoms with E-state index < -0.39 is 29.1 Å². The summed E-state index contributed by atoms with van der Waals surface area (Å²) in [5, 5.41) is 3.80. The van der Waals surface area contributed by atoms with E-state index in [9.17, 15) is 17.6 Å². The van der Waals surface area contributed by atoms with Gasteiger partial charge in [0.2, 0.25) is 5.95 Å². The third kappa shape index (κ3) is 5.12. The first-order chi connectivity index (χ1) is 21.5. The number of aromatic nitrogens is 3. The van der Waals surface area contributed by atoms with Crippen molar-refractivity contribution in [1.29, 1.82) is 0 Å². The lowest BCUT2D eigenvalue weighted by Crippen LogP contribution is -2.52. The molecular weight excluding hydrogens is 589 g/mol. The zero-order valence-electron chi connectivity index (χ0n) is 24.9. The Hall–Kier alpha value is -4.08. The zero-order chi connectivity index (χ0) is 31.6. The van der Waals surface area contributed by atoms with Crippen LogP contribution in [0.2, 0.25) is 0 Å². The molecule has 0 aliphatic carbocycles.